The van der Waals surface area contributed by atoms with Gasteiger partial charge in [0.05, 0.1) is 4.90 Å². The summed E-state index contributed by atoms with van der Waals surface area (Å²) in [5.74, 6) is 0.836. The van der Waals surface area contributed by atoms with Gasteiger partial charge in [0.1, 0.15) is 0 Å². The van der Waals surface area contributed by atoms with Gasteiger partial charge in [0, 0.05) is 17.5 Å². The van der Waals surface area contributed by atoms with Crippen LogP contribution in [0.15, 0.2) is 29.2 Å². The highest BCUT2D eigenvalue weighted by molar-refractivity contribution is 7.98. The molecule has 0 fully saturated rings. The van der Waals surface area contributed by atoms with Crippen molar-refractivity contribution in [1.29, 1.82) is 0 Å². The molecule has 19 heavy (non-hydrogen) atoms. The lowest BCUT2D eigenvalue weighted by atomic mass is 10.3. The molecule has 0 aliphatic rings. The van der Waals surface area contributed by atoms with Crippen LogP contribution in [0.2, 0.25) is 0 Å². The molecule has 0 saturated heterocycles. The molecule has 1 N–H and O–H groups in total. The van der Waals surface area contributed by atoms with Crippen molar-refractivity contribution in [3.05, 3.63) is 24.3 Å². The summed E-state index contributed by atoms with van der Waals surface area (Å²) in [6, 6.07) is 4.71. The third kappa shape index (κ3) is 4.04. The fourth-order valence-electron chi connectivity index (χ4n) is 1.44. The van der Waals surface area contributed by atoms with Gasteiger partial charge in [-0.2, -0.15) is 24.9 Å². The van der Waals surface area contributed by atoms with E-state index in [1.807, 2.05) is 13.2 Å². The van der Waals surface area contributed by atoms with Gasteiger partial charge in [0.15, 0.2) is 0 Å². The van der Waals surface area contributed by atoms with Gasteiger partial charge in [-0.15, -0.1) is 0 Å². The molecule has 1 atom stereocenters. The van der Waals surface area contributed by atoms with Crippen LogP contribution in [0.5, 0.6) is 0 Å². The minimum Gasteiger partial charge on any atom is -0.382 e. The van der Waals surface area contributed by atoms with E-state index in [9.17, 15) is 21.6 Å². The van der Waals surface area contributed by atoms with E-state index in [4.69, 9.17) is 0 Å². The molecule has 0 aromatic heterocycles. The summed E-state index contributed by atoms with van der Waals surface area (Å²) in [5.41, 5.74) is -4.68. The highest BCUT2D eigenvalue weighted by atomic mass is 32.2. The van der Waals surface area contributed by atoms with Gasteiger partial charge in [0.25, 0.3) is 9.84 Å². The molecule has 1 unspecified atom stereocenters. The number of hydrogen-bond acceptors (Lipinski definition) is 4. The molecule has 3 nitrogen and oxygen atoms in total. The van der Waals surface area contributed by atoms with Crippen molar-refractivity contribution >= 4 is 27.3 Å². The zero-order valence-corrected chi connectivity index (χ0v) is 12.0. The normalized spacial score (nSPS) is 14.2. The number of hydrogen-bond donors (Lipinski definition) is 1. The first-order chi connectivity index (χ1) is 8.68. The van der Waals surface area contributed by atoms with Crippen LogP contribution in [-0.2, 0) is 9.84 Å². The second kappa shape index (κ2) is 6.04. The average molecular weight is 313 g/mol. The molecule has 1 aromatic rings. The van der Waals surface area contributed by atoms with Crippen molar-refractivity contribution in [2.75, 3.05) is 17.3 Å². The molecule has 0 amide bonds. The lowest BCUT2D eigenvalue weighted by Crippen LogP contribution is -2.23. The molecular formula is C11H14F3NO2S2. The predicted molar refractivity (Wildman–Crippen MR) is 71.1 cm³/mol. The fraction of sp³-hybridized carbons (Fsp3) is 0.455. The van der Waals surface area contributed by atoms with Gasteiger partial charge < -0.3 is 5.32 Å². The third-order valence-electron chi connectivity index (χ3n) is 2.30. The Morgan fingerprint density at radius 3 is 2.21 bits per heavy atom. The number of benzene rings is 1. The minimum absolute atomic E-state index is 0.139. The molecule has 0 heterocycles. The van der Waals surface area contributed by atoms with Crippen LogP contribution in [0.3, 0.4) is 0 Å². The van der Waals surface area contributed by atoms with Gasteiger partial charge in [-0.25, -0.2) is 8.42 Å². The summed E-state index contributed by atoms with van der Waals surface area (Å²) in [6.07, 6.45) is 1.94. The Labute approximate surface area is 114 Å². The molecule has 1 aromatic carbocycles. The molecule has 8 heteroatoms. The maximum Gasteiger partial charge on any atom is 0.501 e. The molecular weight excluding hydrogens is 299 g/mol. The second-order valence-corrected chi connectivity index (χ2v) is 6.83. The van der Waals surface area contributed by atoms with Crippen LogP contribution >= 0.6 is 11.8 Å². The summed E-state index contributed by atoms with van der Waals surface area (Å²) in [4.78, 5) is -0.747. The van der Waals surface area contributed by atoms with Gasteiger partial charge in [0.2, 0.25) is 0 Å². The van der Waals surface area contributed by atoms with E-state index in [0.717, 1.165) is 17.9 Å². The van der Waals surface area contributed by atoms with Gasteiger partial charge in [-0.05, 0) is 37.4 Å². The van der Waals surface area contributed by atoms with Gasteiger partial charge >= 0.3 is 5.51 Å². The molecule has 0 saturated carbocycles. The fourth-order valence-corrected chi connectivity index (χ4v) is 2.79. The SMILES string of the molecule is CSCC(C)Nc1ccc(S(=O)(=O)C(F)(F)F)cc1. The lowest BCUT2D eigenvalue weighted by Gasteiger charge is -2.14. The molecule has 0 radical (unpaired) electrons. The first-order valence-electron chi connectivity index (χ1n) is 5.35. The van der Waals surface area contributed by atoms with Crippen molar-refractivity contribution < 1.29 is 21.6 Å². The van der Waals surface area contributed by atoms with Crippen LogP contribution in [-0.4, -0.2) is 32.0 Å². The van der Waals surface area contributed by atoms with E-state index >= 15 is 0 Å². The van der Waals surface area contributed by atoms with E-state index in [-0.39, 0.29) is 6.04 Å². The van der Waals surface area contributed by atoms with Gasteiger partial charge in [-0.3, -0.25) is 0 Å². The largest absolute Gasteiger partial charge is 0.501 e. The topological polar surface area (TPSA) is 46.2 Å². The molecule has 1 rings (SSSR count). The maximum atomic E-state index is 12.3. The summed E-state index contributed by atoms with van der Waals surface area (Å²) < 4.78 is 59.3. The van der Waals surface area contributed by atoms with Gasteiger partial charge in [-0.1, -0.05) is 0 Å². The monoisotopic (exact) mass is 313 g/mol. The molecule has 0 bridgehead atoms. The van der Waals surface area contributed by atoms with E-state index in [0.29, 0.717) is 5.69 Å². The van der Waals surface area contributed by atoms with Crippen molar-refractivity contribution in [3.8, 4) is 0 Å². The van der Waals surface area contributed by atoms with Crippen LogP contribution in [0, 0.1) is 0 Å². The summed E-state index contributed by atoms with van der Waals surface area (Å²) in [5, 5.41) is 3.06. The summed E-state index contributed by atoms with van der Waals surface area (Å²) in [7, 11) is -5.26. The zero-order valence-electron chi connectivity index (χ0n) is 10.4. The number of anilines is 1. The standard InChI is InChI=1S/C11H14F3NO2S2/c1-8(7-18-2)15-9-3-5-10(6-4-9)19(16,17)11(12,13)14/h3-6,8,15H,7H2,1-2H3. The number of nitrogens with one attached hydrogen (secondary N) is 1. The number of halogens is 3. The lowest BCUT2D eigenvalue weighted by molar-refractivity contribution is -0.0436. The van der Waals surface area contributed by atoms with E-state index in [2.05, 4.69) is 5.32 Å². The Kier molecular flexibility index (Phi) is 5.14. The van der Waals surface area contributed by atoms with Crippen molar-refractivity contribution in [2.24, 2.45) is 0 Å². The first-order valence-corrected chi connectivity index (χ1v) is 8.23. The van der Waals surface area contributed by atoms with E-state index < -0.39 is 20.2 Å². The Balaban J connectivity index is 2.89. The van der Waals surface area contributed by atoms with Crippen LogP contribution < -0.4 is 5.32 Å². The van der Waals surface area contributed by atoms with E-state index in [1.54, 1.807) is 11.8 Å². The van der Waals surface area contributed by atoms with Crippen molar-refractivity contribution in [3.63, 3.8) is 0 Å². The van der Waals surface area contributed by atoms with Crippen LogP contribution in [0.1, 0.15) is 6.92 Å². The Bertz CT molecular complexity index is 512. The number of thioether (sulfide) groups is 1. The second-order valence-electron chi connectivity index (χ2n) is 3.97. The zero-order chi connectivity index (χ0) is 14.7. The third-order valence-corrected chi connectivity index (χ3v) is 4.63. The first kappa shape index (κ1) is 16.2. The van der Waals surface area contributed by atoms with Crippen LogP contribution in [0.4, 0.5) is 18.9 Å². The summed E-state index contributed by atoms with van der Waals surface area (Å²) in [6.45, 7) is 1.93. The molecule has 0 aliphatic carbocycles. The predicted octanol–water partition coefficient (Wildman–Crippen LogP) is 3.14. The minimum atomic E-state index is -5.27. The number of alkyl halides is 3. The highest BCUT2D eigenvalue weighted by Gasteiger charge is 2.46. The number of sulfone groups is 1. The highest BCUT2D eigenvalue weighted by Crippen LogP contribution is 2.30. The summed E-state index contributed by atoms with van der Waals surface area (Å²) >= 11 is 1.63. The quantitative estimate of drug-likeness (QED) is 0.907. The molecule has 0 spiro atoms. The Hall–Kier alpha value is -0.890. The van der Waals surface area contributed by atoms with Crippen molar-refractivity contribution in [2.45, 2.75) is 23.4 Å². The number of rotatable bonds is 5. The average Bonchev–Trinajstić information content (AvgIpc) is 2.28. The Morgan fingerprint density at radius 1 is 1.26 bits per heavy atom. The van der Waals surface area contributed by atoms with Crippen LogP contribution in [0.25, 0.3) is 0 Å². The maximum absolute atomic E-state index is 12.3. The smallest absolute Gasteiger partial charge is 0.382 e. The molecule has 0 aliphatic heterocycles. The Morgan fingerprint density at radius 2 is 1.79 bits per heavy atom. The van der Waals surface area contributed by atoms with Crippen molar-refractivity contribution in [1.82, 2.24) is 0 Å². The molecule has 108 valence electrons. The van der Waals surface area contributed by atoms with E-state index in [1.165, 1.54) is 12.1 Å².